The molecule has 0 amide bonds. The maximum atomic E-state index is 12.9. The quantitative estimate of drug-likeness (QED) is 0.944. The number of nitrogens with one attached hydrogen (secondary N) is 1. The Morgan fingerprint density at radius 3 is 2.95 bits per heavy atom. The van der Waals surface area contributed by atoms with Crippen LogP contribution in [0.1, 0.15) is 23.5 Å². The van der Waals surface area contributed by atoms with Crippen molar-refractivity contribution in [2.24, 2.45) is 5.92 Å². The van der Waals surface area contributed by atoms with Crippen LogP contribution in [0.15, 0.2) is 30.7 Å². The van der Waals surface area contributed by atoms with Crippen molar-refractivity contribution in [3.63, 3.8) is 0 Å². The van der Waals surface area contributed by atoms with Crippen LogP contribution in [0.25, 0.3) is 0 Å². The lowest BCUT2D eigenvalue weighted by Gasteiger charge is -2.24. The molecule has 1 aliphatic heterocycles. The molecular formula is C15H17F3N4. The number of nitrogens with zero attached hydrogens (tertiary/aromatic N) is 3. The predicted molar refractivity (Wildman–Crippen MR) is 75.0 cm³/mol. The maximum absolute atomic E-state index is 12.9. The van der Waals surface area contributed by atoms with Crippen molar-refractivity contribution >= 4 is 0 Å². The molecule has 3 heterocycles. The standard InChI is InChI=1S/C15H17F3N4/c16-15(17,18)12-2-1-5-20-13(12)9-19-8-11-3-4-14-21-6-7-22(14)10-11/h1-2,5-7,11,19H,3-4,8-10H2. The molecule has 0 fully saturated rings. The summed E-state index contributed by atoms with van der Waals surface area (Å²) in [6.45, 7) is 1.66. The Balaban J connectivity index is 1.56. The van der Waals surface area contributed by atoms with Gasteiger partial charge in [-0.3, -0.25) is 4.98 Å². The lowest BCUT2D eigenvalue weighted by atomic mass is 9.99. The van der Waals surface area contributed by atoms with Gasteiger partial charge in [-0.1, -0.05) is 0 Å². The van der Waals surface area contributed by atoms with Gasteiger partial charge in [0.1, 0.15) is 5.82 Å². The monoisotopic (exact) mass is 310 g/mol. The number of imidazole rings is 1. The van der Waals surface area contributed by atoms with Crippen LogP contribution in [0.2, 0.25) is 0 Å². The number of alkyl halides is 3. The van der Waals surface area contributed by atoms with Crippen molar-refractivity contribution in [1.82, 2.24) is 19.9 Å². The fraction of sp³-hybridized carbons (Fsp3) is 0.467. The second kappa shape index (κ2) is 6.08. The van der Waals surface area contributed by atoms with Gasteiger partial charge in [0, 0.05) is 44.6 Å². The Morgan fingerprint density at radius 1 is 1.27 bits per heavy atom. The number of halogens is 3. The van der Waals surface area contributed by atoms with Gasteiger partial charge in [-0.15, -0.1) is 0 Å². The molecular weight excluding hydrogens is 293 g/mol. The SMILES string of the molecule is FC(F)(F)c1cccnc1CNCC1CCc2nccn2C1. The van der Waals surface area contributed by atoms with Gasteiger partial charge in [-0.25, -0.2) is 4.98 Å². The molecule has 0 spiro atoms. The fourth-order valence-electron chi connectivity index (χ4n) is 2.84. The van der Waals surface area contributed by atoms with Crippen LogP contribution < -0.4 is 5.32 Å². The summed E-state index contributed by atoms with van der Waals surface area (Å²) >= 11 is 0. The molecule has 0 aliphatic carbocycles. The van der Waals surface area contributed by atoms with E-state index in [0.717, 1.165) is 31.3 Å². The highest BCUT2D eigenvalue weighted by atomic mass is 19.4. The van der Waals surface area contributed by atoms with Crippen molar-refractivity contribution < 1.29 is 13.2 Å². The molecule has 1 N–H and O–H groups in total. The van der Waals surface area contributed by atoms with Crippen LogP contribution in [0, 0.1) is 5.92 Å². The highest BCUT2D eigenvalue weighted by Gasteiger charge is 2.33. The van der Waals surface area contributed by atoms with Crippen LogP contribution in [0.5, 0.6) is 0 Å². The van der Waals surface area contributed by atoms with E-state index >= 15 is 0 Å². The summed E-state index contributed by atoms with van der Waals surface area (Å²) in [4.78, 5) is 8.12. The van der Waals surface area contributed by atoms with Crippen molar-refractivity contribution in [2.45, 2.75) is 32.1 Å². The second-order valence-electron chi connectivity index (χ2n) is 5.53. The molecule has 2 aromatic heterocycles. The highest BCUT2D eigenvalue weighted by Crippen LogP contribution is 2.30. The zero-order valence-electron chi connectivity index (χ0n) is 12.0. The molecule has 4 nitrogen and oxygen atoms in total. The topological polar surface area (TPSA) is 42.7 Å². The lowest BCUT2D eigenvalue weighted by Crippen LogP contribution is -2.30. The van der Waals surface area contributed by atoms with E-state index in [1.54, 1.807) is 6.20 Å². The molecule has 0 saturated carbocycles. The summed E-state index contributed by atoms with van der Waals surface area (Å²) in [6, 6.07) is 2.39. The van der Waals surface area contributed by atoms with Crippen molar-refractivity contribution in [3.05, 3.63) is 47.8 Å². The minimum atomic E-state index is -4.36. The Hall–Kier alpha value is -1.89. The number of hydrogen-bond donors (Lipinski definition) is 1. The van der Waals surface area contributed by atoms with Crippen molar-refractivity contribution in [1.29, 1.82) is 0 Å². The first-order valence-electron chi connectivity index (χ1n) is 7.26. The second-order valence-corrected chi connectivity index (χ2v) is 5.53. The Morgan fingerprint density at radius 2 is 2.14 bits per heavy atom. The summed E-state index contributed by atoms with van der Waals surface area (Å²) in [5, 5.41) is 3.11. The molecule has 0 saturated heterocycles. The molecule has 0 aromatic carbocycles. The molecule has 0 radical (unpaired) electrons. The summed E-state index contributed by atoms with van der Waals surface area (Å²) in [5.41, 5.74) is -0.614. The molecule has 7 heteroatoms. The van der Waals surface area contributed by atoms with E-state index in [9.17, 15) is 13.2 Å². The molecule has 2 aromatic rings. The number of aryl methyl sites for hydroxylation is 1. The van der Waals surface area contributed by atoms with E-state index in [1.165, 1.54) is 12.3 Å². The van der Waals surface area contributed by atoms with Crippen molar-refractivity contribution in [2.75, 3.05) is 6.54 Å². The number of fused-ring (bicyclic) bond motifs is 1. The number of rotatable bonds is 4. The smallest absolute Gasteiger partial charge is 0.335 e. The number of pyridine rings is 1. The maximum Gasteiger partial charge on any atom is 0.418 e. The van der Waals surface area contributed by atoms with Crippen molar-refractivity contribution in [3.8, 4) is 0 Å². The summed E-state index contributed by atoms with van der Waals surface area (Å²) in [6.07, 6.45) is 2.68. The minimum Gasteiger partial charge on any atom is -0.335 e. The van der Waals surface area contributed by atoms with E-state index < -0.39 is 11.7 Å². The van der Waals surface area contributed by atoms with Crippen LogP contribution in [-0.4, -0.2) is 21.1 Å². The van der Waals surface area contributed by atoms with Gasteiger partial charge >= 0.3 is 6.18 Å². The molecule has 1 atom stereocenters. The zero-order valence-corrected chi connectivity index (χ0v) is 12.0. The average Bonchev–Trinajstić information content (AvgIpc) is 2.94. The van der Waals surface area contributed by atoms with Crippen LogP contribution in [0.4, 0.5) is 13.2 Å². The molecule has 118 valence electrons. The number of aromatic nitrogens is 3. The Bertz CT molecular complexity index is 636. The first kappa shape index (κ1) is 15.0. The van der Waals surface area contributed by atoms with E-state index in [4.69, 9.17) is 0 Å². The van der Waals surface area contributed by atoms with Gasteiger partial charge < -0.3 is 9.88 Å². The first-order valence-corrected chi connectivity index (χ1v) is 7.26. The van der Waals surface area contributed by atoms with E-state index in [-0.39, 0.29) is 12.2 Å². The first-order chi connectivity index (χ1) is 10.5. The fourth-order valence-corrected chi connectivity index (χ4v) is 2.84. The lowest BCUT2D eigenvalue weighted by molar-refractivity contribution is -0.138. The summed E-state index contributed by atoms with van der Waals surface area (Å²) in [7, 11) is 0. The van der Waals surface area contributed by atoms with Gasteiger partial charge in [-0.05, 0) is 24.5 Å². The van der Waals surface area contributed by atoms with E-state index in [0.29, 0.717) is 12.5 Å². The molecule has 0 bridgehead atoms. The normalized spacial score (nSPS) is 18.2. The van der Waals surface area contributed by atoms with Crippen LogP contribution >= 0.6 is 0 Å². The van der Waals surface area contributed by atoms with Gasteiger partial charge in [0.2, 0.25) is 0 Å². The third kappa shape index (κ3) is 3.30. The Kier molecular flexibility index (Phi) is 4.15. The highest BCUT2D eigenvalue weighted by molar-refractivity contribution is 5.22. The van der Waals surface area contributed by atoms with Gasteiger partial charge in [0.05, 0.1) is 11.3 Å². The van der Waals surface area contributed by atoms with Gasteiger partial charge in [-0.2, -0.15) is 13.2 Å². The van der Waals surface area contributed by atoms with Crippen LogP contribution in [0.3, 0.4) is 0 Å². The zero-order chi connectivity index (χ0) is 15.6. The van der Waals surface area contributed by atoms with E-state index in [2.05, 4.69) is 19.9 Å². The third-order valence-corrected chi connectivity index (χ3v) is 3.95. The molecule has 22 heavy (non-hydrogen) atoms. The average molecular weight is 310 g/mol. The largest absolute Gasteiger partial charge is 0.418 e. The summed E-state index contributed by atoms with van der Waals surface area (Å²) in [5.74, 6) is 1.49. The minimum absolute atomic E-state index is 0.0501. The van der Waals surface area contributed by atoms with E-state index in [1.807, 2.05) is 6.20 Å². The Labute approximate surface area is 126 Å². The number of hydrogen-bond acceptors (Lipinski definition) is 3. The van der Waals surface area contributed by atoms with Gasteiger partial charge in [0.25, 0.3) is 0 Å². The predicted octanol–water partition coefficient (Wildman–Crippen LogP) is 2.65. The molecule has 3 rings (SSSR count). The van der Waals surface area contributed by atoms with Crippen LogP contribution in [-0.2, 0) is 25.7 Å². The summed E-state index contributed by atoms with van der Waals surface area (Å²) < 4.78 is 40.8. The van der Waals surface area contributed by atoms with Gasteiger partial charge in [0.15, 0.2) is 0 Å². The molecule has 1 unspecified atom stereocenters. The molecule has 1 aliphatic rings. The third-order valence-electron chi connectivity index (χ3n) is 3.95.